The molecule has 2 fully saturated rings. The molecule has 4 rings (SSSR count). The number of aliphatic hydroxyl groups excluding tert-OH is 1. The molecule has 2 atom stereocenters. The Bertz CT molecular complexity index is 994. The molecule has 0 spiro atoms. The Morgan fingerprint density at radius 1 is 1.03 bits per heavy atom. The zero-order chi connectivity index (χ0) is 24.6. The molecule has 0 bridgehead atoms. The molecule has 2 aromatic rings. The van der Waals surface area contributed by atoms with Crippen molar-refractivity contribution in [2.24, 2.45) is 5.92 Å². The van der Waals surface area contributed by atoms with Crippen LogP contribution < -0.4 is 10.1 Å². The van der Waals surface area contributed by atoms with Gasteiger partial charge < -0.3 is 20.1 Å². The van der Waals surface area contributed by atoms with Crippen LogP contribution in [-0.4, -0.2) is 53.7 Å². The van der Waals surface area contributed by atoms with E-state index in [1.807, 2.05) is 35.2 Å². The van der Waals surface area contributed by atoms with Crippen LogP contribution in [0.5, 0.6) is 5.75 Å². The number of hydrogen-bond donors (Lipinski definition) is 2. The summed E-state index contributed by atoms with van der Waals surface area (Å²) in [6, 6.07) is 13.5. The van der Waals surface area contributed by atoms with Crippen LogP contribution >= 0.6 is 0 Å². The van der Waals surface area contributed by atoms with Crippen LogP contribution in [-0.2, 0) is 11.2 Å². The predicted molar refractivity (Wildman–Crippen MR) is 132 cm³/mol. The number of carbonyl (C=O) groups excluding carboxylic acids is 2. The molecule has 35 heavy (non-hydrogen) atoms. The third kappa shape index (κ3) is 6.40. The lowest BCUT2D eigenvalue weighted by Gasteiger charge is -2.34. The van der Waals surface area contributed by atoms with Gasteiger partial charge in [0.25, 0.3) is 11.8 Å². The van der Waals surface area contributed by atoms with Gasteiger partial charge in [-0.3, -0.25) is 9.59 Å². The maximum Gasteiger partial charge on any atom is 0.260 e. The van der Waals surface area contributed by atoms with Gasteiger partial charge in [-0.05, 0) is 55.7 Å². The molecule has 2 amide bonds. The highest BCUT2D eigenvalue weighted by Crippen LogP contribution is 2.36. The predicted octanol–water partition coefficient (Wildman–Crippen LogP) is 4.11. The summed E-state index contributed by atoms with van der Waals surface area (Å²) < 4.78 is 20.5. The average molecular weight is 483 g/mol. The van der Waals surface area contributed by atoms with E-state index < -0.39 is 17.8 Å². The van der Waals surface area contributed by atoms with E-state index in [0.717, 1.165) is 31.2 Å². The van der Waals surface area contributed by atoms with Gasteiger partial charge in [0.1, 0.15) is 17.1 Å². The normalized spacial score (nSPS) is 19.4. The minimum atomic E-state index is -0.639. The lowest BCUT2D eigenvalue weighted by molar-refractivity contribution is -0.124. The number of hydrogen-bond acceptors (Lipinski definition) is 4. The average Bonchev–Trinajstić information content (AvgIpc) is 3.38. The van der Waals surface area contributed by atoms with Crippen molar-refractivity contribution >= 4 is 11.8 Å². The SMILES string of the molecule is O=C(COc1cccc(F)c1C(=O)N1CCCC1C1CCCCC1)N[C@H](CO)Cc1ccccc1. The van der Waals surface area contributed by atoms with Crippen molar-refractivity contribution in [3.8, 4) is 5.75 Å². The van der Waals surface area contributed by atoms with E-state index in [2.05, 4.69) is 5.32 Å². The topological polar surface area (TPSA) is 78.9 Å². The van der Waals surface area contributed by atoms with Crippen molar-refractivity contribution in [3.63, 3.8) is 0 Å². The molecule has 1 saturated heterocycles. The van der Waals surface area contributed by atoms with Crippen LogP contribution in [0.3, 0.4) is 0 Å². The van der Waals surface area contributed by atoms with Crippen LogP contribution in [0.2, 0.25) is 0 Å². The highest BCUT2D eigenvalue weighted by atomic mass is 19.1. The molecular formula is C28H35FN2O4. The zero-order valence-electron chi connectivity index (χ0n) is 20.1. The summed E-state index contributed by atoms with van der Waals surface area (Å²) >= 11 is 0. The molecule has 7 heteroatoms. The van der Waals surface area contributed by atoms with Gasteiger partial charge in [-0.15, -0.1) is 0 Å². The molecule has 188 valence electrons. The lowest BCUT2D eigenvalue weighted by atomic mass is 9.83. The lowest BCUT2D eigenvalue weighted by Crippen LogP contribution is -2.42. The summed E-state index contributed by atoms with van der Waals surface area (Å²) in [5.41, 5.74) is 0.884. The van der Waals surface area contributed by atoms with E-state index >= 15 is 0 Å². The van der Waals surface area contributed by atoms with Gasteiger partial charge in [-0.1, -0.05) is 55.7 Å². The van der Waals surface area contributed by atoms with Gasteiger partial charge in [0.15, 0.2) is 6.61 Å². The Labute approximate surface area is 206 Å². The molecule has 2 aliphatic rings. The van der Waals surface area contributed by atoms with Crippen molar-refractivity contribution in [3.05, 3.63) is 65.5 Å². The number of amides is 2. The first-order chi connectivity index (χ1) is 17.1. The summed E-state index contributed by atoms with van der Waals surface area (Å²) in [6.07, 6.45) is 8.19. The number of nitrogens with one attached hydrogen (secondary N) is 1. The number of halogens is 1. The molecule has 0 radical (unpaired) electrons. The summed E-state index contributed by atoms with van der Waals surface area (Å²) in [4.78, 5) is 27.8. The standard InChI is InChI=1S/C28H35FN2O4/c29-23-13-7-15-25(35-19-26(33)30-22(18-32)17-20-9-3-1-4-10-20)27(23)28(34)31-16-8-14-24(31)21-11-5-2-6-12-21/h1,3-4,7,9-10,13,15,21-22,24,32H,2,5-6,8,11-12,14,16-19H2,(H,30,33)/t22-,24?/m0/s1. The fourth-order valence-corrected chi connectivity index (χ4v) is 5.50. The molecule has 2 N–H and O–H groups in total. The van der Waals surface area contributed by atoms with Gasteiger partial charge in [0.05, 0.1) is 12.6 Å². The zero-order valence-corrected chi connectivity index (χ0v) is 20.1. The van der Waals surface area contributed by atoms with E-state index in [1.54, 1.807) is 0 Å². The van der Waals surface area contributed by atoms with Gasteiger partial charge in [0, 0.05) is 12.6 Å². The summed E-state index contributed by atoms with van der Waals surface area (Å²) in [7, 11) is 0. The molecule has 1 heterocycles. The monoisotopic (exact) mass is 482 g/mol. The maximum absolute atomic E-state index is 14.9. The largest absolute Gasteiger partial charge is 0.483 e. The summed E-state index contributed by atoms with van der Waals surface area (Å²) in [6.45, 7) is 0.0227. The van der Waals surface area contributed by atoms with Gasteiger partial charge >= 0.3 is 0 Å². The van der Waals surface area contributed by atoms with E-state index in [-0.39, 0.29) is 36.5 Å². The van der Waals surface area contributed by atoms with Crippen molar-refractivity contribution in [1.82, 2.24) is 10.2 Å². The Morgan fingerprint density at radius 3 is 2.54 bits per heavy atom. The Balaban J connectivity index is 1.40. The highest BCUT2D eigenvalue weighted by Gasteiger charge is 2.37. The molecule has 2 aromatic carbocycles. The number of rotatable bonds is 9. The third-order valence-corrected chi connectivity index (χ3v) is 7.21. The van der Waals surface area contributed by atoms with Crippen molar-refractivity contribution in [2.75, 3.05) is 19.8 Å². The molecule has 1 unspecified atom stereocenters. The second-order valence-corrected chi connectivity index (χ2v) is 9.64. The first-order valence-corrected chi connectivity index (χ1v) is 12.7. The number of likely N-dealkylation sites (tertiary alicyclic amines) is 1. The second-order valence-electron chi connectivity index (χ2n) is 9.64. The molecule has 1 saturated carbocycles. The molecular weight excluding hydrogens is 447 g/mol. The number of carbonyl (C=O) groups is 2. The molecule has 1 aliphatic carbocycles. The van der Waals surface area contributed by atoms with E-state index in [4.69, 9.17) is 4.74 Å². The molecule has 1 aliphatic heterocycles. The number of benzene rings is 2. The number of nitrogens with zero attached hydrogens (tertiary/aromatic N) is 1. The van der Waals surface area contributed by atoms with Crippen LogP contribution in [0.15, 0.2) is 48.5 Å². The fourth-order valence-electron chi connectivity index (χ4n) is 5.50. The van der Waals surface area contributed by atoms with Crippen LogP contribution in [0.1, 0.15) is 60.9 Å². The maximum atomic E-state index is 14.9. The number of aliphatic hydroxyl groups is 1. The summed E-state index contributed by atoms with van der Waals surface area (Å²) in [5, 5.41) is 12.4. The van der Waals surface area contributed by atoms with E-state index in [9.17, 15) is 19.1 Å². The number of ether oxygens (including phenoxy) is 1. The van der Waals surface area contributed by atoms with E-state index in [0.29, 0.717) is 18.9 Å². The van der Waals surface area contributed by atoms with Crippen molar-refractivity contribution in [2.45, 2.75) is 63.5 Å². The summed E-state index contributed by atoms with van der Waals surface area (Å²) in [5.74, 6) is -0.896. The Morgan fingerprint density at radius 2 is 1.80 bits per heavy atom. The van der Waals surface area contributed by atoms with Crippen LogP contribution in [0, 0.1) is 11.7 Å². The minimum absolute atomic E-state index is 0.0723. The third-order valence-electron chi connectivity index (χ3n) is 7.21. The minimum Gasteiger partial charge on any atom is -0.483 e. The quantitative estimate of drug-likeness (QED) is 0.564. The van der Waals surface area contributed by atoms with Crippen LogP contribution in [0.4, 0.5) is 4.39 Å². The molecule has 0 aromatic heterocycles. The van der Waals surface area contributed by atoms with Crippen molar-refractivity contribution < 1.29 is 23.8 Å². The van der Waals surface area contributed by atoms with Gasteiger partial charge in [-0.2, -0.15) is 0 Å². The Kier molecular flexibility index (Phi) is 8.74. The highest BCUT2D eigenvalue weighted by molar-refractivity contribution is 5.97. The van der Waals surface area contributed by atoms with E-state index in [1.165, 1.54) is 37.5 Å². The van der Waals surface area contributed by atoms with Gasteiger partial charge in [-0.25, -0.2) is 4.39 Å². The Hall–Kier alpha value is -2.93. The second kappa shape index (κ2) is 12.2. The first kappa shape index (κ1) is 25.2. The van der Waals surface area contributed by atoms with Crippen LogP contribution in [0.25, 0.3) is 0 Å². The fraction of sp³-hybridized carbons (Fsp3) is 0.500. The van der Waals surface area contributed by atoms with Gasteiger partial charge in [0.2, 0.25) is 0 Å². The van der Waals surface area contributed by atoms with Crippen molar-refractivity contribution in [1.29, 1.82) is 0 Å². The molecule has 6 nitrogen and oxygen atoms in total. The smallest absolute Gasteiger partial charge is 0.260 e. The first-order valence-electron chi connectivity index (χ1n) is 12.7.